The van der Waals surface area contributed by atoms with Gasteiger partial charge in [-0.1, -0.05) is 0 Å². The van der Waals surface area contributed by atoms with Gasteiger partial charge < -0.3 is 24.6 Å². The Kier molecular flexibility index (Phi) is 6.09. The summed E-state index contributed by atoms with van der Waals surface area (Å²) < 4.78 is 17.2. The number of aliphatic hydroxyl groups is 1. The molecule has 1 aliphatic rings. The van der Waals surface area contributed by atoms with Crippen molar-refractivity contribution in [2.75, 3.05) is 40.1 Å². The molecule has 1 unspecified atom stereocenters. The first kappa shape index (κ1) is 15.6. The molecular weight excluding hydrogens is 326 g/mol. The van der Waals surface area contributed by atoms with E-state index in [1.54, 1.807) is 7.11 Å². The summed E-state index contributed by atoms with van der Waals surface area (Å²) in [5.41, 5.74) is 0.958. The summed E-state index contributed by atoms with van der Waals surface area (Å²) in [5.74, 6) is 1.46. The molecule has 1 aromatic rings. The highest BCUT2D eigenvalue weighted by Crippen LogP contribution is 2.39. The number of rotatable bonds is 6. The Morgan fingerprint density at radius 2 is 2.20 bits per heavy atom. The average molecular weight is 346 g/mol. The quantitative estimate of drug-likeness (QED) is 0.771. The van der Waals surface area contributed by atoms with Gasteiger partial charge in [-0.15, -0.1) is 0 Å². The van der Waals surface area contributed by atoms with Crippen molar-refractivity contribution in [2.24, 2.45) is 0 Å². The van der Waals surface area contributed by atoms with E-state index in [0.29, 0.717) is 26.4 Å². The lowest BCUT2D eigenvalue weighted by Gasteiger charge is -2.19. The standard InChI is InChI=1S/C14H20BrNO4/c1-18-6-3-16-12(9-17)10-7-11(15)14-13(8-10)19-4-2-5-20-14/h7-8,12,16-17H,2-6,9H2,1H3. The normalized spacial score (nSPS) is 15.8. The molecule has 5 nitrogen and oxygen atoms in total. The highest BCUT2D eigenvalue weighted by molar-refractivity contribution is 9.10. The van der Waals surface area contributed by atoms with Crippen molar-refractivity contribution >= 4 is 15.9 Å². The fourth-order valence-electron chi connectivity index (χ4n) is 2.07. The number of ether oxygens (including phenoxy) is 3. The van der Waals surface area contributed by atoms with Gasteiger partial charge in [-0.05, 0) is 33.6 Å². The summed E-state index contributed by atoms with van der Waals surface area (Å²) in [5, 5.41) is 12.8. The Morgan fingerprint density at radius 3 is 2.95 bits per heavy atom. The molecule has 0 radical (unpaired) electrons. The molecule has 2 N–H and O–H groups in total. The number of nitrogens with one attached hydrogen (secondary N) is 1. The van der Waals surface area contributed by atoms with E-state index in [-0.39, 0.29) is 12.6 Å². The lowest BCUT2D eigenvalue weighted by atomic mass is 10.1. The van der Waals surface area contributed by atoms with Crippen LogP contribution < -0.4 is 14.8 Å². The Labute approximate surface area is 127 Å². The second kappa shape index (κ2) is 7.83. The third-order valence-corrected chi connectivity index (χ3v) is 3.70. The average Bonchev–Trinajstić information content (AvgIpc) is 2.69. The molecule has 2 rings (SSSR count). The lowest BCUT2D eigenvalue weighted by Crippen LogP contribution is -2.27. The summed E-state index contributed by atoms with van der Waals surface area (Å²) in [4.78, 5) is 0. The van der Waals surface area contributed by atoms with Crippen LogP contribution in [0.3, 0.4) is 0 Å². The Balaban J connectivity index is 2.18. The molecule has 0 aliphatic carbocycles. The minimum atomic E-state index is -0.154. The Hall–Kier alpha value is -0.820. The van der Waals surface area contributed by atoms with Gasteiger partial charge in [0.2, 0.25) is 0 Å². The number of fused-ring (bicyclic) bond motifs is 1. The number of methoxy groups -OCH3 is 1. The molecule has 0 saturated heterocycles. The Bertz CT molecular complexity index is 441. The molecule has 1 aromatic carbocycles. The first-order valence-electron chi connectivity index (χ1n) is 6.68. The van der Waals surface area contributed by atoms with Crippen LogP contribution in [0.1, 0.15) is 18.0 Å². The van der Waals surface area contributed by atoms with Gasteiger partial charge in [0.15, 0.2) is 11.5 Å². The SMILES string of the molecule is COCCNC(CO)c1cc(Br)c2c(c1)OCCCO2. The van der Waals surface area contributed by atoms with E-state index < -0.39 is 0 Å². The molecular formula is C14H20BrNO4. The molecule has 112 valence electrons. The van der Waals surface area contributed by atoms with Crippen molar-refractivity contribution in [3.63, 3.8) is 0 Å². The monoisotopic (exact) mass is 345 g/mol. The first-order valence-corrected chi connectivity index (χ1v) is 7.47. The maximum absolute atomic E-state index is 9.54. The maximum Gasteiger partial charge on any atom is 0.175 e. The molecule has 1 atom stereocenters. The zero-order valence-corrected chi connectivity index (χ0v) is 13.1. The van der Waals surface area contributed by atoms with Crippen molar-refractivity contribution < 1.29 is 19.3 Å². The van der Waals surface area contributed by atoms with Gasteiger partial charge in [-0.3, -0.25) is 0 Å². The summed E-state index contributed by atoms with van der Waals surface area (Å²) in [6.07, 6.45) is 0.867. The van der Waals surface area contributed by atoms with Crippen LogP contribution in [-0.4, -0.2) is 45.2 Å². The molecule has 6 heteroatoms. The fourth-order valence-corrected chi connectivity index (χ4v) is 2.65. The summed E-state index contributed by atoms with van der Waals surface area (Å²) in [6, 6.07) is 3.72. The predicted octanol–water partition coefficient (Wildman–Crippen LogP) is 1.88. The fraction of sp³-hybridized carbons (Fsp3) is 0.571. The second-order valence-electron chi connectivity index (χ2n) is 4.56. The van der Waals surface area contributed by atoms with Gasteiger partial charge in [-0.25, -0.2) is 0 Å². The maximum atomic E-state index is 9.54. The van der Waals surface area contributed by atoms with Gasteiger partial charge in [0.1, 0.15) is 0 Å². The first-order chi connectivity index (χ1) is 9.76. The Morgan fingerprint density at radius 1 is 1.40 bits per heavy atom. The van der Waals surface area contributed by atoms with Crippen LogP contribution in [0.15, 0.2) is 16.6 Å². The minimum absolute atomic E-state index is 0.00972. The zero-order valence-electron chi connectivity index (χ0n) is 11.5. The molecule has 0 amide bonds. The van der Waals surface area contributed by atoms with E-state index in [1.165, 1.54) is 0 Å². The van der Waals surface area contributed by atoms with Crippen LogP contribution in [-0.2, 0) is 4.74 Å². The number of halogens is 1. The molecule has 0 aromatic heterocycles. The van der Waals surface area contributed by atoms with Crippen molar-refractivity contribution in [2.45, 2.75) is 12.5 Å². The highest BCUT2D eigenvalue weighted by Gasteiger charge is 2.19. The van der Waals surface area contributed by atoms with Gasteiger partial charge >= 0.3 is 0 Å². The molecule has 20 heavy (non-hydrogen) atoms. The third-order valence-electron chi connectivity index (χ3n) is 3.11. The van der Waals surface area contributed by atoms with E-state index in [2.05, 4.69) is 21.2 Å². The van der Waals surface area contributed by atoms with E-state index in [0.717, 1.165) is 28.0 Å². The van der Waals surface area contributed by atoms with Crippen molar-refractivity contribution in [3.8, 4) is 11.5 Å². The van der Waals surface area contributed by atoms with Crippen LogP contribution in [0.2, 0.25) is 0 Å². The smallest absolute Gasteiger partial charge is 0.175 e. The van der Waals surface area contributed by atoms with Crippen molar-refractivity contribution in [1.82, 2.24) is 5.32 Å². The summed E-state index contributed by atoms with van der Waals surface area (Å²) in [7, 11) is 1.65. The predicted molar refractivity (Wildman–Crippen MR) is 79.5 cm³/mol. The molecule has 0 bridgehead atoms. The molecule has 1 heterocycles. The van der Waals surface area contributed by atoms with Gasteiger partial charge in [0, 0.05) is 20.1 Å². The number of aliphatic hydroxyl groups excluding tert-OH is 1. The lowest BCUT2D eigenvalue weighted by molar-refractivity contribution is 0.184. The van der Waals surface area contributed by atoms with E-state index in [4.69, 9.17) is 14.2 Å². The minimum Gasteiger partial charge on any atom is -0.490 e. The third kappa shape index (κ3) is 3.85. The van der Waals surface area contributed by atoms with Crippen LogP contribution in [0.4, 0.5) is 0 Å². The largest absolute Gasteiger partial charge is 0.490 e. The van der Waals surface area contributed by atoms with Gasteiger partial charge in [-0.2, -0.15) is 0 Å². The zero-order chi connectivity index (χ0) is 14.4. The topological polar surface area (TPSA) is 60.0 Å². The van der Waals surface area contributed by atoms with Gasteiger partial charge in [0.05, 0.1) is 36.9 Å². The summed E-state index contributed by atoms with van der Waals surface area (Å²) >= 11 is 3.51. The van der Waals surface area contributed by atoms with Crippen molar-refractivity contribution in [3.05, 3.63) is 22.2 Å². The second-order valence-corrected chi connectivity index (χ2v) is 5.42. The van der Waals surface area contributed by atoms with Crippen molar-refractivity contribution in [1.29, 1.82) is 0 Å². The van der Waals surface area contributed by atoms with Crippen LogP contribution in [0.5, 0.6) is 11.5 Å². The van der Waals surface area contributed by atoms with E-state index in [1.807, 2.05) is 12.1 Å². The highest BCUT2D eigenvalue weighted by atomic mass is 79.9. The van der Waals surface area contributed by atoms with E-state index >= 15 is 0 Å². The molecule has 0 fully saturated rings. The molecule has 0 saturated carbocycles. The molecule has 0 spiro atoms. The van der Waals surface area contributed by atoms with Crippen LogP contribution >= 0.6 is 15.9 Å². The number of benzene rings is 1. The van der Waals surface area contributed by atoms with Gasteiger partial charge in [0.25, 0.3) is 0 Å². The van der Waals surface area contributed by atoms with Crippen LogP contribution in [0.25, 0.3) is 0 Å². The number of hydrogen-bond donors (Lipinski definition) is 2. The molecule has 1 aliphatic heterocycles. The number of hydrogen-bond acceptors (Lipinski definition) is 5. The summed E-state index contributed by atoms with van der Waals surface area (Å²) in [6.45, 7) is 2.58. The van der Waals surface area contributed by atoms with Crippen LogP contribution in [0, 0.1) is 0 Å². The van der Waals surface area contributed by atoms with E-state index in [9.17, 15) is 5.11 Å².